The van der Waals surface area contributed by atoms with Crippen molar-refractivity contribution in [2.24, 2.45) is 11.8 Å². The average Bonchev–Trinajstić information content (AvgIpc) is 2.71. The van der Waals surface area contributed by atoms with Gasteiger partial charge in [-0.05, 0) is 37.1 Å². The van der Waals surface area contributed by atoms with E-state index in [-0.39, 0.29) is 29.4 Å². The SMILES string of the molecule is O=C1[C@@H]2CCCC[C@H]2C(=O)N1c1ccc(OC(F)(F)F)cc1. The summed E-state index contributed by atoms with van der Waals surface area (Å²) in [6, 6.07) is 4.80. The number of ether oxygens (including phenoxy) is 1. The molecular weight excluding hydrogens is 299 g/mol. The van der Waals surface area contributed by atoms with Crippen LogP contribution in [0.1, 0.15) is 25.7 Å². The lowest BCUT2D eigenvalue weighted by molar-refractivity contribution is -0.274. The predicted octanol–water partition coefficient (Wildman–Crippen LogP) is 3.26. The van der Waals surface area contributed by atoms with Crippen LogP contribution in [0.15, 0.2) is 24.3 Å². The summed E-state index contributed by atoms with van der Waals surface area (Å²) in [6.45, 7) is 0. The quantitative estimate of drug-likeness (QED) is 0.787. The van der Waals surface area contributed by atoms with Crippen molar-refractivity contribution < 1.29 is 27.5 Å². The van der Waals surface area contributed by atoms with Crippen LogP contribution >= 0.6 is 0 Å². The minimum atomic E-state index is -4.77. The molecule has 0 unspecified atom stereocenters. The number of amides is 2. The Morgan fingerprint density at radius 2 is 1.45 bits per heavy atom. The topological polar surface area (TPSA) is 46.6 Å². The summed E-state index contributed by atoms with van der Waals surface area (Å²) in [5.41, 5.74) is 0.291. The average molecular weight is 313 g/mol. The highest BCUT2D eigenvalue weighted by Crippen LogP contribution is 2.40. The number of anilines is 1. The van der Waals surface area contributed by atoms with Crippen LogP contribution < -0.4 is 9.64 Å². The number of alkyl halides is 3. The smallest absolute Gasteiger partial charge is 0.406 e. The molecule has 0 spiro atoms. The molecule has 0 radical (unpaired) electrons. The van der Waals surface area contributed by atoms with Gasteiger partial charge in [0.15, 0.2) is 0 Å². The van der Waals surface area contributed by atoms with Gasteiger partial charge in [0.2, 0.25) is 11.8 Å². The number of hydrogen-bond acceptors (Lipinski definition) is 3. The molecule has 1 aromatic rings. The van der Waals surface area contributed by atoms with Crippen molar-refractivity contribution in [3.8, 4) is 5.75 Å². The molecule has 1 saturated carbocycles. The van der Waals surface area contributed by atoms with E-state index in [4.69, 9.17) is 0 Å². The fourth-order valence-electron chi connectivity index (χ4n) is 3.21. The molecule has 1 aliphatic carbocycles. The third-order valence-electron chi connectivity index (χ3n) is 4.17. The van der Waals surface area contributed by atoms with Crippen molar-refractivity contribution in [3.63, 3.8) is 0 Å². The number of halogens is 3. The Balaban J connectivity index is 1.82. The summed E-state index contributed by atoms with van der Waals surface area (Å²) in [6.07, 6.45) is -1.53. The molecule has 7 heteroatoms. The fraction of sp³-hybridized carbons (Fsp3) is 0.467. The van der Waals surface area contributed by atoms with Gasteiger partial charge in [0.05, 0.1) is 17.5 Å². The minimum absolute atomic E-state index is 0.251. The molecular formula is C15H14F3NO3. The molecule has 4 nitrogen and oxygen atoms in total. The molecule has 0 aromatic heterocycles. The standard InChI is InChI=1S/C15H14F3NO3/c16-15(17,18)22-10-7-5-9(6-8-10)19-13(20)11-3-1-2-4-12(11)14(19)21/h5-8,11-12H,1-4H2/t11-,12-/m1/s1. The van der Waals surface area contributed by atoms with Gasteiger partial charge < -0.3 is 4.74 Å². The first kappa shape index (κ1) is 14.9. The van der Waals surface area contributed by atoms with E-state index in [9.17, 15) is 22.8 Å². The van der Waals surface area contributed by atoms with E-state index >= 15 is 0 Å². The van der Waals surface area contributed by atoms with E-state index in [0.29, 0.717) is 18.5 Å². The summed E-state index contributed by atoms with van der Waals surface area (Å²) in [7, 11) is 0. The highest BCUT2D eigenvalue weighted by atomic mass is 19.4. The molecule has 1 aromatic carbocycles. The van der Waals surface area contributed by atoms with Gasteiger partial charge in [0, 0.05) is 0 Å². The third kappa shape index (κ3) is 2.67. The van der Waals surface area contributed by atoms with Crippen LogP contribution in [0.2, 0.25) is 0 Å². The first-order valence-corrected chi connectivity index (χ1v) is 7.10. The van der Waals surface area contributed by atoms with E-state index < -0.39 is 6.36 Å². The molecule has 1 aliphatic heterocycles. The van der Waals surface area contributed by atoms with E-state index in [1.807, 2.05) is 0 Å². The molecule has 2 aliphatic rings. The van der Waals surface area contributed by atoms with Crippen molar-refractivity contribution in [2.45, 2.75) is 32.0 Å². The lowest BCUT2D eigenvalue weighted by Crippen LogP contribution is -2.30. The van der Waals surface area contributed by atoms with E-state index in [1.54, 1.807) is 0 Å². The maximum atomic E-state index is 12.4. The van der Waals surface area contributed by atoms with E-state index in [0.717, 1.165) is 29.9 Å². The number of hydrogen-bond donors (Lipinski definition) is 0. The van der Waals surface area contributed by atoms with Gasteiger partial charge in [0.1, 0.15) is 5.75 Å². The van der Waals surface area contributed by atoms with Crippen molar-refractivity contribution in [1.82, 2.24) is 0 Å². The third-order valence-corrected chi connectivity index (χ3v) is 4.17. The Morgan fingerprint density at radius 3 is 1.91 bits per heavy atom. The molecule has 2 atom stereocenters. The van der Waals surface area contributed by atoms with Crippen LogP contribution in [-0.2, 0) is 9.59 Å². The molecule has 1 heterocycles. The lowest BCUT2D eigenvalue weighted by atomic mass is 9.81. The minimum Gasteiger partial charge on any atom is -0.406 e. The Labute approximate surface area is 124 Å². The first-order valence-electron chi connectivity index (χ1n) is 7.10. The zero-order chi connectivity index (χ0) is 15.9. The van der Waals surface area contributed by atoms with Gasteiger partial charge in [-0.15, -0.1) is 13.2 Å². The maximum Gasteiger partial charge on any atom is 0.573 e. The second-order valence-corrected chi connectivity index (χ2v) is 5.55. The molecule has 22 heavy (non-hydrogen) atoms. The molecule has 2 amide bonds. The number of imide groups is 1. The van der Waals surface area contributed by atoms with Crippen LogP contribution in [0.5, 0.6) is 5.75 Å². The maximum absolute atomic E-state index is 12.4. The monoisotopic (exact) mass is 313 g/mol. The Morgan fingerprint density at radius 1 is 0.955 bits per heavy atom. The summed E-state index contributed by atoms with van der Waals surface area (Å²) < 4.78 is 40.2. The van der Waals surface area contributed by atoms with Crippen LogP contribution in [0.4, 0.5) is 18.9 Å². The molecule has 2 fully saturated rings. The van der Waals surface area contributed by atoms with Crippen molar-refractivity contribution in [2.75, 3.05) is 4.90 Å². The Bertz CT molecular complexity index is 573. The molecule has 118 valence electrons. The van der Waals surface area contributed by atoms with Crippen molar-refractivity contribution >= 4 is 17.5 Å². The highest BCUT2D eigenvalue weighted by molar-refractivity contribution is 6.22. The zero-order valence-corrected chi connectivity index (χ0v) is 11.6. The van der Waals surface area contributed by atoms with Crippen LogP contribution in [0.3, 0.4) is 0 Å². The summed E-state index contributed by atoms with van der Waals surface area (Å²) in [5.74, 6) is -1.45. The molecule has 0 bridgehead atoms. The normalized spacial score (nSPS) is 25.3. The predicted molar refractivity (Wildman–Crippen MR) is 71.1 cm³/mol. The molecule has 0 N–H and O–H groups in total. The van der Waals surface area contributed by atoms with Crippen LogP contribution in [0.25, 0.3) is 0 Å². The summed E-state index contributed by atoms with van der Waals surface area (Å²) in [4.78, 5) is 25.8. The van der Waals surface area contributed by atoms with Gasteiger partial charge in [-0.2, -0.15) is 0 Å². The molecule has 1 saturated heterocycles. The number of rotatable bonds is 2. The number of nitrogens with zero attached hydrogens (tertiary/aromatic N) is 1. The summed E-state index contributed by atoms with van der Waals surface area (Å²) in [5, 5.41) is 0. The van der Waals surface area contributed by atoms with Gasteiger partial charge in [0.25, 0.3) is 0 Å². The second kappa shape index (κ2) is 5.30. The number of carbonyl (C=O) groups excluding carboxylic acids is 2. The lowest BCUT2D eigenvalue weighted by Gasteiger charge is -2.19. The largest absolute Gasteiger partial charge is 0.573 e. The van der Waals surface area contributed by atoms with Crippen molar-refractivity contribution in [1.29, 1.82) is 0 Å². The zero-order valence-electron chi connectivity index (χ0n) is 11.6. The first-order chi connectivity index (χ1) is 10.4. The molecule has 3 rings (SSSR count). The van der Waals surface area contributed by atoms with Gasteiger partial charge in [-0.25, -0.2) is 0 Å². The van der Waals surface area contributed by atoms with Crippen LogP contribution in [0, 0.1) is 11.8 Å². The number of benzene rings is 1. The number of fused-ring (bicyclic) bond motifs is 1. The van der Waals surface area contributed by atoms with Gasteiger partial charge >= 0.3 is 6.36 Å². The van der Waals surface area contributed by atoms with E-state index in [1.165, 1.54) is 12.1 Å². The Hall–Kier alpha value is -2.05. The fourth-order valence-corrected chi connectivity index (χ4v) is 3.21. The highest BCUT2D eigenvalue weighted by Gasteiger charge is 2.48. The second-order valence-electron chi connectivity index (χ2n) is 5.55. The Kier molecular flexibility index (Phi) is 3.58. The number of carbonyl (C=O) groups is 2. The van der Waals surface area contributed by atoms with Gasteiger partial charge in [-0.3, -0.25) is 14.5 Å². The van der Waals surface area contributed by atoms with Gasteiger partial charge in [-0.1, -0.05) is 12.8 Å². The van der Waals surface area contributed by atoms with Crippen LogP contribution in [-0.4, -0.2) is 18.2 Å². The van der Waals surface area contributed by atoms with Crippen molar-refractivity contribution in [3.05, 3.63) is 24.3 Å². The summed E-state index contributed by atoms with van der Waals surface area (Å²) >= 11 is 0. The van der Waals surface area contributed by atoms with E-state index in [2.05, 4.69) is 4.74 Å².